The van der Waals surface area contributed by atoms with Crippen LogP contribution < -0.4 is 15.8 Å². The third kappa shape index (κ3) is 4.25. The number of nitriles is 1. The van der Waals surface area contributed by atoms with Gasteiger partial charge in [0.15, 0.2) is 0 Å². The second-order valence-corrected chi connectivity index (χ2v) is 8.43. The Morgan fingerprint density at radius 3 is 2.80 bits per heavy atom. The van der Waals surface area contributed by atoms with Crippen molar-refractivity contribution in [2.45, 2.75) is 31.4 Å². The molecule has 0 aliphatic carbocycles. The van der Waals surface area contributed by atoms with Crippen molar-refractivity contribution in [2.24, 2.45) is 22.1 Å². The van der Waals surface area contributed by atoms with Gasteiger partial charge in [-0.2, -0.15) is 5.26 Å². The van der Waals surface area contributed by atoms with Gasteiger partial charge >= 0.3 is 0 Å². The lowest BCUT2D eigenvalue weighted by Crippen LogP contribution is -2.50. The number of carbonyl (C=O) groups excluding carboxylic acids is 1. The Hall–Kier alpha value is -3.79. The van der Waals surface area contributed by atoms with E-state index in [-0.39, 0.29) is 41.7 Å². The van der Waals surface area contributed by atoms with Crippen LogP contribution in [0.2, 0.25) is 0 Å². The van der Waals surface area contributed by atoms with Crippen molar-refractivity contribution >= 4 is 17.4 Å². The van der Waals surface area contributed by atoms with Crippen LogP contribution in [0.4, 0.5) is 23.2 Å². The number of anilines is 1. The lowest BCUT2D eigenvalue weighted by molar-refractivity contribution is -0.0430. The first kappa shape index (κ1) is 24.3. The fourth-order valence-corrected chi connectivity index (χ4v) is 4.38. The maximum absolute atomic E-state index is 15.1. The molecular weight excluding hydrogens is 472 g/mol. The quantitative estimate of drug-likeness (QED) is 0.592. The van der Waals surface area contributed by atoms with Crippen LogP contribution >= 0.6 is 0 Å². The second kappa shape index (κ2) is 9.10. The van der Waals surface area contributed by atoms with Gasteiger partial charge in [-0.3, -0.25) is 9.79 Å². The van der Waals surface area contributed by atoms with Gasteiger partial charge in [-0.25, -0.2) is 27.5 Å². The second-order valence-electron chi connectivity index (χ2n) is 8.43. The smallest absolute Gasteiger partial charge is 0.275 e. The van der Waals surface area contributed by atoms with Crippen molar-refractivity contribution in [2.75, 3.05) is 18.8 Å². The topological polar surface area (TPSA) is 136 Å². The highest BCUT2D eigenvalue weighted by Crippen LogP contribution is 2.53. The lowest BCUT2D eigenvalue weighted by Gasteiger charge is -2.41. The van der Waals surface area contributed by atoms with Gasteiger partial charge in [0.2, 0.25) is 12.7 Å². The number of carbonyl (C=O) groups is 1. The van der Waals surface area contributed by atoms with Gasteiger partial charge in [-0.1, -0.05) is 0 Å². The van der Waals surface area contributed by atoms with Crippen LogP contribution in [0, 0.1) is 28.5 Å². The van der Waals surface area contributed by atoms with Gasteiger partial charge in [0.25, 0.3) is 12.3 Å². The van der Waals surface area contributed by atoms with Crippen molar-refractivity contribution < 1.29 is 31.8 Å². The number of nitrogens with zero attached hydrogens (tertiary/aromatic N) is 4. The Balaban J connectivity index is 1.70. The normalized spacial score (nSPS) is 27.6. The molecule has 0 spiro atoms. The Morgan fingerprint density at radius 1 is 1.40 bits per heavy atom. The highest BCUT2D eigenvalue weighted by molar-refractivity contribution is 6.02. The van der Waals surface area contributed by atoms with Crippen LogP contribution in [-0.2, 0) is 10.3 Å². The van der Waals surface area contributed by atoms with E-state index < -0.39 is 48.0 Å². The number of benzene rings is 1. The summed E-state index contributed by atoms with van der Waals surface area (Å²) < 4.78 is 64.8. The number of ether oxygens (including phenoxy) is 2. The zero-order chi connectivity index (χ0) is 25.4. The summed E-state index contributed by atoms with van der Waals surface area (Å²) in [5, 5.41) is 12.1. The predicted molar refractivity (Wildman–Crippen MR) is 114 cm³/mol. The monoisotopic (exact) mass is 492 g/mol. The van der Waals surface area contributed by atoms with Gasteiger partial charge in [-0.15, -0.1) is 0 Å². The molecule has 184 valence electrons. The minimum Gasteiger partial charge on any atom is -0.445 e. The molecule has 1 unspecified atom stereocenters. The number of amides is 1. The molecule has 0 bridgehead atoms. The number of nitrogens with two attached hydrogens (primary N) is 1. The third-order valence-corrected chi connectivity index (χ3v) is 6.27. The first-order valence-corrected chi connectivity index (χ1v) is 10.4. The van der Waals surface area contributed by atoms with E-state index >= 15 is 4.39 Å². The van der Waals surface area contributed by atoms with Crippen LogP contribution in [-0.4, -0.2) is 47.7 Å². The highest BCUT2D eigenvalue weighted by Gasteiger charge is 2.60. The van der Waals surface area contributed by atoms with Crippen LogP contribution in [0.1, 0.15) is 29.4 Å². The molecule has 2 aliphatic heterocycles. The lowest BCUT2D eigenvalue weighted by atomic mass is 9.66. The van der Waals surface area contributed by atoms with Gasteiger partial charge in [0, 0.05) is 17.2 Å². The number of halogens is 4. The maximum atomic E-state index is 15.1. The minimum absolute atomic E-state index is 0.107. The van der Waals surface area contributed by atoms with Crippen molar-refractivity contribution in [1.29, 1.82) is 5.26 Å². The molecule has 35 heavy (non-hydrogen) atoms. The first-order valence-electron chi connectivity index (χ1n) is 10.4. The Labute approximate surface area is 197 Å². The molecule has 4 atom stereocenters. The summed E-state index contributed by atoms with van der Waals surface area (Å²) in [5.41, 5.74) is 2.98. The number of nitrogens with one attached hydrogen (secondary N) is 1. The summed E-state index contributed by atoms with van der Waals surface area (Å²) in [4.78, 5) is 24.5. The highest BCUT2D eigenvalue weighted by atomic mass is 19.3. The molecule has 1 saturated heterocycles. The maximum Gasteiger partial charge on any atom is 0.275 e. The SMILES string of the molecule is C[C@@]1(C#N)C[C@@H]2[C@@H](C(F)F)OCC2(c2cc(NC(=O)c3cnc(OCF)cn3)ccc2F)N=C1N. The molecule has 1 amide bonds. The summed E-state index contributed by atoms with van der Waals surface area (Å²) >= 11 is 0. The van der Waals surface area contributed by atoms with Gasteiger partial charge in [-0.05, 0) is 31.5 Å². The van der Waals surface area contributed by atoms with Crippen LogP contribution in [0.3, 0.4) is 0 Å². The van der Waals surface area contributed by atoms with Crippen LogP contribution in [0.5, 0.6) is 5.88 Å². The van der Waals surface area contributed by atoms with E-state index in [0.29, 0.717) is 0 Å². The minimum atomic E-state index is -2.90. The number of alkyl halides is 3. The molecule has 9 nitrogen and oxygen atoms in total. The number of aromatic nitrogens is 2. The zero-order valence-electron chi connectivity index (χ0n) is 18.3. The largest absolute Gasteiger partial charge is 0.445 e. The van der Waals surface area contributed by atoms with E-state index in [4.69, 9.17) is 10.5 Å². The zero-order valence-corrected chi connectivity index (χ0v) is 18.3. The number of fused-ring (bicyclic) bond motifs is 1. The van der Waals surface area contributed by atoms with Crippen molar-refractivity contribution in [3.8, 4) is 11.9 Å². The summed E-state index contributed by atoms with van der Waals surface area (Å²) in [7, 11) is 0. The standard InChI is InChI=1S/C22H20F4N6O3/c1-21(8-27)5-13-17(18(25)26)34-9-22(13,32-20(21)28)12-4-11(2-3-14(12)24)31-19(33)15-6-30-16(7-29-15)35-10-23/h2-4,6-7,13,17-18H,5,9-10H2,1H3,(H2,28,32)(H,31,33)/t13-,17+,21+,22?/m1/s1. The van der Waals surface area contributed by atoms with E-state index in [0.717, 1.165) is 18.5 Å². The number of hydrogen-bond acceptors (Lipinski definition) is 8. The molecule has 1 aromatic heterocycles. The van der Waals surface area contributed by atoms with E-state index in [2.05, 4.69) is 25.0 Å². The van der Waals surface area contributed by atoms with Crippen molar-refractivity contribution in [3.63, 3.8) is 0 Å². The van der Waals surface area contributed by atoms with E-state index in [1.54, 1.807) is 0 Å². The molecule has 3 N–H and O–H groups in total. The van der Waals surface area contributed by atoms with Gasteiger partial charge in [0.1, 0.15) is 34.4 Å². The Kier molecular flexibility index (Phi) is 6.33. The van der Waals surface area contributed by atoms with Gasteiger partial charge < -0.3 is 20.5 Å². The fraction of sp³-hybridized carbons (Fsp3) is 0.409. The van der Waals surface area contributed by atoms with E-state index in [9.17, 15) is 23.2 Å². The van der Waals surface area contributed by atoms with Crippen molar-refractivity contribution in [3.05, 3.63) is 47.7 Å². The Morgan fingerprint density at radius 2 is 2.17 bits per heavy atom. The molecule has 2 aromatic rings. The van der Waals surface area contributed by atoms with Crippen LogP contribution in [0.25, 0.3) is 0 Å². The number of amidine groups is 1. The predicted octanol–water partition coefficient (Wildman–Crippen LogP) is 2.94. The number of rotatable bonds is 6. The first-order chi connectivity index (χ1) is 16.6. The molecule has 0 radical (unpaired) electrons. The van der Waals surface area contributed by atoms with Gasteiger partial charge in [0.05, 0.1) is 25.1 Å². The molecule has 13 heteroatoms. The number of aliphatic imine (C=N–C) groups is 1. The average Bonchev–Trinajstić information content (AvgIpc) is 3.20. The van der Waals surface area contributed by atoms with E-state index in [1.165, 1.54) is 19.1 Å². The Bertz CT molecular complexity index is 1200. The molecule has 1 fully saturated rings. The van der Waals surface area contributed by atoms with Crippen molar-refractivity contribution in [1.82, 2.24) is 9.97 Å². The molecule has 2 aliphatic rings. The molecular formula is C22H20F4N6O3. The molecule has 4 rings (SSSR count). The summed E-state index contributed by atoms with van der Waals surface area (Å²) in [5.74, 6) is -2.77. The fourth-order valence-electron chi connectivity index (χ4n) is 4.38. The number of hydrogen-bond donors (Lipinski definition) is 2. The summed E-state index contributed by atoms with van der Waals surface area (Å²) in [6, 6.07) is 5.59. The average molecular weight is 492 g/mol. The summed E-state index contributed by atoms with van der Waals surface area (Å²) in [6.07, 6.45) is -2.48. The molecule has 3 heterocycles. The van der Waals surface area contributed by atoms with Crippen LogP contribution in [0.15, 0.2) is 35.6 Å². The molecule has 0 saturated carbocycles. The molecule has 1 aromatic carbocycles. The summed E-state index contributed by atoms with van der Waals surface area (Å²) in [6.45, 7) is -0.0167. The third-order valence-electron chi connectivity index (χ3n) is 6.27. The van der Waals surface area contributed by atoms with E-state index in [1.807, 2.05) is 6.07 Å².